The van der Waals surface area contributed by atoms with Crippen LogP contribution in [0.25, 0.3) is 10.9 Å². The summed E-state index contributed by atoms with van der Waals surface area (Å²) in [5.41, 5.74) is 4.06. The van der Waals surface area contributed by atoms with Crippen LogP contribution in [-0.2, 0) is 11.2 Å². The molecule has 5 rings (SSSR count). The Morgan fingerprint density at radius 2 is 2.16 bits per heavy atom. The van der Waals surface area contributed by atoms with Crippen LogP contribution >= 0.6 is 0 Å². The highest BCUT2D eigenvalue weighted by Gasteiger charge is 2.33. The van der Waals surface area contributed by atoms with Crippen molar-refractivity contribution < 1.29 is 4.79 Å². The summed E-state index contributed by atoms with van der Waals surface area (Å²) in [6.07, 6.45) is 5.03. The minimum Gasteiger partial charge on any atom is -0.358 e. The maximum atomic E-state index is 10.6. The molecule has 1 saturated heterocycles. The summed E-state index contributed by atoms with van der Waals surface area (Å²) in [6, 6.07) is 6.51. The van der Waals surface area contributed by atoms with Gasteiger partial charge in [-0.2, -0.15) is 0 Å². The second-order valence-corrected chi connectivity index (χ2v) is 5.69. The monoisotopic (exact) mass is 254 g/mol. The molecular formula is C16H18N2O. The fraction of sp³-hybridized carbons (Fsp3) is 0.438. The average Bonchev–Trinajstić information content (AvgIpc) is 2.88. The molecule has 0 saturated carbocycles. The molecule has 2 bridgehead atoms. The van der Waals surface area contributed by atoms with Gasteiger partial charge in [-0.1, -0.05) is 18.2 Å². The van der Waals surface area contributed by atoms with E-state index < -0.39 is 0 Å². The van der Waals surface area contributed by atoms with Crippen molar-refractivity contribution in [3.63, 3.8) is 0 Å². The molecule has 0 unspecified atom stereocenters. The fourth-order valence-corrected chi connectivity index (χ4v) is 3.76. The number of nitrogens with one attached hydrogen (secondary N) is 1. The van der Waals surface area contributed by atoms with Gasteiger partial charge in [-0.15, -0.1) is 0 Å². The van der Waals surface area contributed by atoms with Crippen molar-refractivity contribution in [1.29, 1.82) is 0 Å². The molecule has 2 aromatic rings. The lowest BCUT2D eigenvalue weighted by molar-refractivity contribution is -0.107. The summed E-state index contributed by atoms with van der Waals surface area (Å²) >= 11 is 0. The van der Waals surface area contributed by atoms with Gasteiger partial charge in [0.05, 0.1) is 5.52 Å². The molecular weight excluding hydrogens is 236 g/mol. The number of fused-ring (bicyclic) bond motifs is 3. The molecule has 3 nitrogen and oxygen atoms in total. The Balaban J connectivity index is 1.91. The molecule has 1 aromatic carbocycles. The number of H-pyrrole nitrogens is 1. The first-order chi connectivity index (χ1) is 9.38. The standard InChI is InChI=1S/C16H18N2O/c19-10-2-4-12-3-1-5-13-14-11-6-8-18(9-7-11)16(14)17-15(12)13/h1,3,5,10-11,17H,2,4,6-9H2. The van der Waals surface area contributed by atoms with E-state index in [4.69, 9.17) is 0 Å². The highest BCUT2D eigenvalue weighted by atomic mass is 16.1. The first-order valence-electron chi connectivity index (χ1n) is 7.20. The van der Waals surface area contributed by atoms with Gasteiger partial charge in [0.15, 0.2) is 0 Å². The van der Waals surface area contributed by atoms with Crippen LogP contribution in [0, 0.1) is 0 Å². The molecule has 0 aliphatic carbocycles. The largest absolute Gasteiger partial charge is 0.358 e. The molecule has 98 valence electrons. The minimum absolute atomic E-state index is 0.607. The zero-order chi connectivity index (χ0) is 12.8. The van der Waals surface area contributed by atoms with E-state index in [-0.39, 0.29) is 0 Å². The number of piperidine rings is 1. The molecule has 0 radical (unpaired) electrons. The number of anilines is 1. The SMILES string of the molecule is O=CCCc1cccc2c3c([nH]c12)N1CCC3CC1. The van der Waals surface area contributed by atoms with Gasteiger partial charge < -0.3 is 14.7 Å². The van der Waals surface area contributed by atoms with Crippen molar-refractivity contribution in [2.24, 2.45) is 0 Å². The fourth-order valence-electron chi connectivity index (χ4n) is 3.76. The third-order valence-corrected chi connectivity index (χ3v) is 4.69. The highest BCUT2D eigenvalue weighted by molar-refractivity contribution is 5.93. The van der Waals surface area contributed by atoms with Crippen LogP contribution in [0.2, 0.25) is 0 Å². The predicted octanol–water partition coefficient (Wildman–Crippen LogP) is 3.00. The van der Waals surface area contributed by atoms with Crippen LogP contribution in [0.5, 0.6) is 0 Å². The van der Waals surface area contributed by atoms with Gasteiger partial charge >= 0.3 is 0 Å². The van der Waals surface area contributed by atoms with Crippen molar-refractivity contribution in [1.82, 2.24) is 4.98 Å². The van der Waals surface area contributed by atoms with Gasteiger partial charge in [0.25, 0.3) is 0 Å². The van der Waals surface area contributed by atoms with E-state index in [1.165, 1.54) is 53.8 Å². The quantitative estimate of drug-likeness (QED) is 0.855. The molecule has 1 fully saturated rings. The molecule has 0 spiro atoms. The summed E-state index contributed by atoms with van der Waals surface area (Å²) in [5, 5.41) is 1.38. The lowest BCUT2D eigenvalue weighted by Crippen LogP contribution is -2.38. The molecule has 3 aliphatic rings. The van der Waals surface area contributed by atoms with E-state index in [2.05, 4.69) is 28.1 Å². The number of hydrogen-bond acceptors (Lipinski definition) is 2. The van der Waals surface area contributed by atoms with Crippen LogP contribution in [0.15, 0.2) is 18.2 Å². The highest BCUT2D eigenvalue weighted by Crippen LogP contribution is 2.46. The molecule has 1 aromatic heterocycles. The topological polar surface area (TPSA) is 36.1 Å². The number of nitrogens with zero attached hydrogens (tertiary/aromatic N) is 1. The van der Waals surface area contributed by atoms with E-state index >= 15 is 0 Å². The Kier molecular flexibility index (Phi) is 2.40. The maximum absolute atomic E-state index is 10.6. The number of hydrogen-bond donors (Lipinski definition) is 1. The number of aromatic nitrogens is 1. The summed E-state index contributed by atoms with van der Waals surface area (Å²) in [5.74, 6) is 2.08. The predicted molar refractivity (Wildman–Crippen MR) is 76.9 cm³/mol. The third kappa shape index (κ3) is 1.54. The van der Waals surface area contributed by atoms with Crippen LogP contribution in [-0.4, -0.2) is 24.4 Å². The number of carbonyl (C=O) groups is 1. The van der Waals surface area contributed by atoms with Gasteiger partial charge in [-0.3, -0.25) is 0 Å². The van der Waals surface area contributed by atoms with E-state index in [0.29, 0.717) is 6.42 Å². The van der Waals surface area contributed by atoms with Crippen LogP contribution in [0.1, 0.15) is 36.3 Å². The number of aromatic amines is 1. The molecule has 19 heavy (non-hydrogen) atoms. The number of carbonyl (C=O) groups excluding carboxylic acids is 1. The van der Waals surface area contributed by atoms with Crippen LogP contribution in [0.3, 0.4) is 0 Å². The molecule has 4 heterocycles. The lowest BCUT2D eigenvalue weighted by Gasteiger charge is -2.40. The number of benzene rings is 1. The number of para-hydroxylation sites is 1. The lowest BCUT2D eigenvalue weighted by atomic mass is 9.84. The van der Waals surface area contributed by atoms with Gasteiger partial charge in [0, 0.05) is 30.5 Å². The van der Waals surface area contributed by atoms with Gasteiger partial charge in [-0.25, -0.2) is 0 Å². The van der Waals surface area contributed by atoms with E-state index in [9.17, 15) is 4.79 Å². The first kappa shape index (κ1) is 11.1. The Labute approximate surface area is 112 Å². The van der Waals surface area contributed by atoms with Crippen molar-refractivity contribution in [3.05, 3.63) is 29.3 Å². The average molecular weight is 254 g/mol. The Morgan fingerprint density at radius 3 is 2.95 bits per heavy atom. The molecule has 3 heteroatoms. The zero-order valence-electron chi connectivity index (χ0n) is 11.0. The number of rotatable bonds is 3. The molecule has 0 atom stereocenters. The first-order valence-corrected chi connectivity index (χ1v) is 7.20. The van der Waals surface area contributed by atoms with Crippen LogP contribution < -0.4 is 4.90 Å². The minimum atomic E-state index is 0.607. The summed E-state index contributed by atoms with van der Waals surface area (Å²) in [4.78, 5) is 16.7. The molecule has 3 aliphatic heterocycles. The molecule has 0 amide bonds. The smallest absolute Gasteiger partial charge is 0.120 e. The second kappa shape index (κ2) is 4.12. The van der Waals surface area contributed by atoms with E-state index in [1.54, 1.807) is 0 Å². The van der Waals surface area contributed by atoms with Crippen molar-refractivity contribution in [3.8, 4) is 0 Å². The Morgan fingerprint density at radius 1 is 1.32 bits per heavy atom. The van der Waals surface area contributed by atoms with Gasteiger partial charge in [0.2, 0.25) is 0 Å². The zero-order valence-corrected chi connectivity index (χ0v) is 11.0. The Hall–Kier alpha value is -1.77. The van der Waals surface area contributed by atoms with Gasteiger partial charge in [0.1, 0.15) is 12.1 Å². The summed E-state index contributed by atoms with van der Waals surface area (Å²) in [6.45, 7) is 2.38. The Bertz CT molecular complexity index is 635. The van der Waals surface area contributed by atoms with Crippen molar-refractivity contribution in [2.45, 2.75) is 31.6 Å². The number of aldehydes is 1. The van der Waals surface area contributed by atoms with E-state index in [0.717, 1.165) is 18.6 Å². The van der Waals surface area contributed by atoms with E-state index in [1.807, 2.05) is 0 Å². The summed E-state index contributed by atoms with van der Waals surface area (Å²) in [7, 11) is 0. The van der Waals surface area contributed by atoms with Gasteiger partial charge in [-0.05, 0) is 30.7 Å². The third-order valence-electron chi connectivity index (χ3n) is 4.69. The summed E-state index contributed by atoms with van der Waals surface area (Å²) < 4.78 is 0. The van der Waals surface area contributed by atoms with Crippen LogP contribution in [0.4, 0.5) is 5.82 Å². The normalized spacial score (nSPS) is 18.0. The molecule has 1 N–H and O–H groups in total. The number of aryl methyl sites for hydroxylation is 1. The van der Waals surface area contributed by atoms with Crippen molar-refractivity contribution in [2.75, 3.05) is 18.0 Å². The maximum Gasteiger partial charge on any atom is 0.120 e. The van der Waals surface area contributed by atoms with Crippen molar-refractivity contribution >= 4 is 23.0 Å². The second-order valence-electron chi connectivity index (χ2n) is 5.69.